The number of ether oxygens (including phenoxy) is 1. The molecule has 0 heterocycles. The van der Waals surface area contributed by atoms with Gasteiger partial charge in [-0.1, -0.05) is 0 Å². The molecule has 0 radical (unpaired) electrons. The minimum atomic E-state index is -1.57. The smallest absolute Gasteiger partial charge is 0.407 e. The van der Waals surface area contributed by atoms with E-state index in [1.807, 2.05) is 0 Å². The van der Waals surface area contributed by atoms with Crippen LogP contribution in [0.1, 0.15) is 42.8 Å². The number of alkyl carbamates (subject to hydrolysis) is 1. The van der Waals surface area contributed by atoms with Crippen LogP contribution in [0, 0.1) is 5.82 Å². The number of hydrogen-bond acceptors (Lipinski definition) is 6. The Balaban J connectivity index is 2.74. The van der Waals surface area contributed by atoms with Gasteiger partial charge in [0.2, 0.25) is 0 Å². The van der Waals surface area contributed by atoms with Crippen LogP contribution in [0.3, 0.4) is 0 Å². The van der Waals surface area contributed by atoms with Crippen LogP contribution in [0.4, 0.5) is 9.18 Å². The molecule has 4 N–H and O–H groups in total. The minimum Gasteiger partial charge on any atom is -0.504 e. The van der Waals surface area contributed by atoms with Gasteiger partial charge < -0.3 is 25.4 Å². The van der Waals surface area contributed by atoms with Crippen molar-refractivity contribution in [3.8, 4) is 5.75 Å². The molecule has 1 aromatic carbocycles. The molecule has 0 spiro atoms. The number of carbonyl (C=O) groups is 2. The van der Waals surface area contributed by atoms with Crippen molar-refractivity contribution in [3.63, 3.8) is 0 Å². The zero-order chi connectivity index (χ0) is 17.8. The molecule has 0 fully saturated rings. The van der Waals surface area contributed by atoms with Crippen molar-refractivity contribution in [2.45, 2.75) is 38.6 Å². The van der Waals surface area contributed by atoms with Gasteiger partial charge in [0, 0.05) is 6.54 Å². The van der Waals surface area contributed by atoms with Crippen molar-refractivity contribution < 1.29 is 34.0 Å². The first-order valence-electron chi connectivity index (χ1n) is 6.85. The summed E-state index contributed by atoms with van der Waals surface area (Å²) in [4.78, 5) is 22.2. The van der Waals surface area contributed by atoms with Gasteiger partial charge in [-0.05, 0) is 38.5 Å². The van der Waals surface area contributed by atoms with Gasteiger partial charge in [0.25, 0.3) is 0 Å². The molecule has 1 aromatic rings. The molecule has 2 atom stereocenters. The molecule has 0 bridgehead atoms. The largest absolute Gasteiger partial charge is 0.504 e. The summed E-state index contributed by atoms with van der Waals surface area (Å²) in [6.45, 7) is 4.64. The number of amides is 1. The van der Waals surface area contributed by atoms with Crippen molar-refractivity contribution >= 4 is 12.4 Å². The lowest BCUT2D eigenvalue weighted by Crippen LogP contribution is -2.38. The number of aromatic hydroxyl groups is 1. The SMILES string of the molecule is CC(C)(C)OC(=O)NCC(O)C(O)c1cc(F)c(O)c(C=O)c1. The third-order valence-corrected chi connectivity index (χ3v) is 2.80. The Bertz CT molecular complexity index is 584. The standard InChI is InChI=1S/C15H20FNO6/c1-15(2,3)23-14(22)17-6-11(19)13(21)8-4-9(7-18)12(20)10(16)5-8/h4-5,7,11,13,19-21H,6H2,1-3H3,(H,17,22). The third kappa shape index (κ3) is 5.50. The summed E-state index contributed by atoms with van der Waals surface area (Å²) in [5.41, 5.74) is -1.18. The Kier molecular flexibility index (Phi) is 6.05. The molecule has 0 saturated heterocycles. The summed E-state index contributed by atoms with van der Waals surface area (Å²) in [7, 11) is 0. The molecule has 0 aliphatic carbocycles. The predicted molar refractivity (Wildman–Crippen MR) is 78.7 cm³/mol. The average molecular weight is 329 g/mol. The molecule has 23 heavy (non-hydrogen) atoms. The highest BCUT2D eigenvalue weighted by atomic mass is 19.1. The van der Waals surface area contributed by atoms with Gasteiger partial charge in [0.1, 0.15) is 17.8 Å². The zero-order valence-electron chi connectivity index (χ0n) is 13.0. The lowest BCUT2D eigenvalue weighted by atomic mass is 10.0. The fourth-order valence-electron chi connectivity index (χ4n) is 1.74. The van der Waals surface area contributed by atoms with Crippen LogP contribution >= 0.6 is 0 Å². The second-order valence-electron chi connectivity index (χ2n) is 5.95. The quantitative estimate of drug-likeness (QED) is 0.605. The van der Waals surface area contributed by atoms with E-state index in [9.17, 15) is 29.3 Å². The monoisotopic (exact) mass is 329 g/mol. The van der Waals surface area contributed by atoms with Crippen LogP contribution in [0.15, 0.2) is 12.1 Å². The van der Waals surface area contributed by atoms with Gasteiger partial charge in [0.05, 0.1) is 5.56 Å². The lowest BCUT2D eigenvalue weighted by Gasteiger charge is -2.22. The van der Waals surface area contributed by atoms with Gasteiger partial charge in [-0.2, -0.15) is 0 Å². The van der Waals surface area contributed by atoms with Crippen LogP contribution in [0.25, 0.3) is 0 Å². The fourth-order valence-corrected chi connectivity index (χ4v) is 1.74. The Labute approximate surface area is 132 Å². The van der Waals surface area contributed by atoms with E-state index in [0.717, 1.165) is 12.1 Å². The molecule has 1 rings (SSSR count). The third-order valence-electron chi connectivity index (χ3n) is 2.80. The maximum Gasteiger partial charge on any atom is 0.407 e. The van der Waals surface area contributed by atoms with E-state index in [-0.39, 0.29) is 24.0 Å². The van der Waals surface area contributed by atoms with Crippen LogP contribution in [0.5, 0.6) is 5.75 Å². The van der Waals surface area contributed by atoms with E-state index in [2.05, 4.69) is 5.32 Å². The first-order chi connectivity index (χ1) is 10.5. The molecule has 0 aliphatic rings. The Morgan fingerprint density at radius 2 is 2.00 bits per heavy atom. The molecule has 8 heteroatoms. The van der Waals surface area contributed by atoms with Crippen molar-refractivity contribution in [3.05, 3.63) is 29.1 Å². The highest BCUT2D eigenvalue weighted by Crippen LogP contribution is 2.26. The van der Waals surface area contributed by atoms with Gasteiger partial charge in [-0.3, -0.25) is 4.79 Å². The maximum absolute atomic E-state index is 13.5. The van der Waals surface area contributed by atoms with E-state index in [1.165, 1.54) is 0 Å². The number of aliphatic hydroxyl groups is 2. The Morgan fingerprint density at radius 1 is 1.39 bits per heavy atom. The minimum absolute atomic E-state index is 0.110. The second-order valence-corrected chi connectivity index (χ2v) is 5.95. The van der Waals surface area contributed by atoms with E-state index in [4.69, 9.17) is 4.74 Å². The molecule has 2 unspecified atom stereocenters. The van der Waals surface area contributed by atoms with Gasteiger partial charge in [-0.15, -0.1) is 0 Å². The molecular weight excluding hydrogens is 309 g/mol. The number of halogens is 1. The van der Waals surface area contributed by atoms with Crippen LogP contribution in [-0.4, -0.2) is 45.9 Å². The first kappa shape index (κ1) is 18.9. The maximum atomic E-state index is 13.5. The van der Waals surface area contributed by atoms with Crippen LogP contribution in [-0.2, 0) is 4.74 Å². The van der Waals surface area contributed by atoms with E-state index < -0.39 is 35.5 Å². The lowest BCUT2D eigenvalue weighted by molar-refractivity contribution is 0.0127. The summed E-state index contributed by atoms with van der Waals surface area (Å²) < 4.78 is 18.4. The summed E-state index contributed by atoms with van der Waals surface area (Å²) >= 11 is 0. The molecular formula is C15H20FNO6. The van der Waals surface area contributed by atoms with E-state index >= 15 is 0 Å². The van der Waals surface area contributed by atoms with Gasteiger partial charge in [-0.25, -0.2) is 9.18 Å². The zero-order valence-corrected chi connectivity index (χ0v) is 13.0. The predicted octanol–water partition coefficient (Wildman–Crippen LogP) is 1.26. The average Bonchev–Trinajstić information content (AvgIpc) is 2.44. The fraction of sp³-hybridized carbons (Fsp3) is 0.467. The number of aldehydes is 1. The van der Waals surface area contributed by atoms with Crippen molar-refractivity contribution in [2.75, 3.05) is 6.54 Å². The molecule has 0 saturated carbocycles. The number of rotatable bonds is 5. The Hall–Kier alpha value is -2.19. The van der Waals surface area contributed by atoms with Crippen molar-refractivity contribution in [1.29, 1.82) is 0 Å². The number of benzene rings is 1. The highest BCUT2D eigenvalue weighted by Gasteiger charge is 2.23. The number of phenols is 1. The molecule has 1 amide bonds. The van der Waals surface area contributed by atoms with Crippen LogP contribution in [0.2, 0.25) is 0 Å². The first-order valence-corrected chi connectivity index (χ1v) is 6.85. The van der Waals surface area contributed by atoms with Crippen molar-refractivity contribution in [2.24, 2.45) is 0 Å². The summed E-state index contributed by atoms with van der Waals surface area (Å²) in [6, 6.07) is 1.84. The van der Waals surface area contributed by atoms with Gasteiger partial charge >= 0.3 is 6.09 Å². The van der Waals surface area contributed by atoms with Gasteiger partial charge in [0.15, 0.2) is 17.9 Å². The van der Waals surface area contributed by atoms with E-state index in [0.29, 0.717) is 0 Å². The number of aliphatic hydroxyl groups excluding tert-OH is 2. The molecule has 0 aromatic heterocycles. The van der Waals surface area contributed by atoms with Crippen molar-refractivity contribution in [1.82, 2.24) is 5.32 Å². The molecule has 0 aliphatic heterocycles. The number of nitrogens with one attached hydrogen (secondary N) is 1. The number of hydrogen-bond donors (Lipinski definition) is 4. The summed E-state index contributed by atoms with van der Waals surface area (Å²) in [5, 5.41) is 31.4. The highest BCUT2D eigenvalue weighted by molar-refractivity contribution is 5.79. The normalized spacial score (nSPS) is 14.0. The summed E-state index contributed by atoms with van der Waals surface area (Å²) in [5.74, 6) is -1.94. The van der Waals surface area contributed by atoms with E-state index in [1.54, 1.807) is 20.8 Å². The molecule has 128 valence electrons. The summed E-state index contributed by atoms with van der Waals surface area (Å²) in [6.07, 6.45) is -3.60. The van der Waals surface area contributed by atoms with Crippen LogP contribution < -0.4 is 5.32 Å². The number of phenolic OH excluding ortho intramolecular Hbond substituents is 1. The number of carbonyl (C=O) groups excluding carboxylic acids is 2. The Morgan fingerprint density at radius 3 is 2.52 bits per heavy atom. The second kappa shape index (κ2) is 7.38. The topological polar surface area (TPSA) is 116 Å². The molecule has 7 nitrogen and oxygen atoms in total.